The van der Waals surface area contributed by atoms with E-state index in [1.54, 1.807) is 0 Å². The fourth-order valence-electron chi connectivity index (χ4n) is 2.49. The van der Waals surface area contributed by atoms with E-state index in [2.05, 4.69) is 4.90 Å². The molecule has 2 unspecified atom stereocenters. The molecule has 0 aliphatic carbocycles. The van der Waals surface area contributed by atoms with E-state index >= 15 is 0 Å². The molecule has 0 aromatic heterocycles. The van der Waals surface area contributed by atoms with E-state index in [4.69, 9.17) is 9.47 Å². The Kier molecular flexibility index (Phi) is 6.82. The molecule has 0 bridgehead atoms. The quantitative estimate of drug-likeness (QED) is 0.795. The van der Waals surface area contributed by atoms with Gasteiger partial charge in [-0.1, -0.05) is 13.0 Å². The minimum atomic E-state index is 0.148. The van der Waals surface area contributed by atoms with Gasteiger partial charge in [-0.3, -0.25) is 0 Å². The van der Waals surface area contributed by atoms with Gasteiger partial charge in [0, 0.05) is 12.6 Å². The summed E-state index contributed by atoms with van der Waals surface area (Å²) in [5, 5.41) is 9.44. The molecule has 2 atom stereocenters. The van der Waals surface area contributed by atoms with Crippen molar-refractivity contribution < 1.29 is 14.6 Å². The van der Waals surface area contributed by atoms with Gasteiger partial charge < -0.3 is 19.5 Å². The molecule has 0 fully saturated rings. The van der Waals surface area contributed by atoms with Crippen LogP contribution in [0.1, 0.15) is 32.4 Å². The summed E-state index contributed by atoms with van der Waals surface area (Å²) in [7, 11) is 4.04. The maximum atomic E-state index is 9.44. The Bertz CT molecular complexity index is 407. The van der Waals surface area contributed by atoms with Gasteiger partial charge in [-0.2, -0.15) is 0 Å². The summed E-state index contributed by atoms with van der Waals surface area (Å²) < 4.78 is 11.3. The molecule has 1 aromatic carbocycles. The van der Waals surface area contributed by atoms with Crippen LogP contribution in [-0.2, 0) is 0 Å². The van der Waals surface area contributed by atoms with E-state index < -0.39 is 0 Å². The third-order valence-corrected chi connectivity index (χ3v) is 3.29. The first kappa shape index (κ1) is 16.8. The van der Waals surface area contributed by atoms with Crippen molar-refractivity contribution in [3.05, 3.63) is 23.8 Å². The van der Waals surface area contributed by atoms with E-state index in [1.165, 1.54) is 0 Å². The molecule has 0 aliphatic rings. The molecular weight excluding hydrogens is 254 g/mol. The number of hydrogen-bond donors (Lipinski definition) is 1. The van der Waals surface area contributed by atoms with Gasteiger partial charge in [0.1, 0.15) is 0 Å². The van der Waals surface area contributed by atoms with Crippen LogP contribution < -0.4 is 9.47 Å². The van der Waals surface area contributed by atoms with Crippen molar-refractivity contribution in [1.82, 2.24) is 4.90 Å². The van der Waals surface area contributed by atoms with Gasteiger partial charge in [-0.05, 0) is 51.6 Å². The third kappa shape index (κ3) is 4.12. The summed E-state index contributed by atoms with van der Waals surface area (Å²) in [6.07, 6.45) is 0. The fraction of sp³-hybridized carbons (Fsp3) is 0.625. The van der Waals surface area contributed by atoms with Crippen molar-refractivity contribution in [1.29, 1.82) is 0 Å². The lowest BCUT2D eigenvalue weighted by molar-refractivity contribution is 0.145. The van der Waals surface area contributed by atoms with E-state index in [9.17, 15) is 5.11 Å². The van der Waals surface area contributed by atoms with E-state index in [0.29, 0.717) is 13.2 Å². The minimum absolute atomic E-state index is 0.148. The van der Waals surface area contributed by atoms with Gasteiger partial charge in [-0.15, -0.1) is 0 Å². The normalized spacial score (nSPS) is 14.2. The molecule has 1 N–H and O–H groups in total. The van der Waals surface area contributed by atoms with Crippen LogP contribution in [0.4, 0.5) is 0 Å². The van der Waals surface area contributed by atoms with Crippen LogP contribution >= 0.6 is 0 Å². The Morgan fingerprint density at radius 1 is 1.10 bits per heavy atom. The van der Waals surface area contributed by atoms with Gasteiger partial charge in [0.15, 0.2) is 11.5 Å². The first-order chi connectivity index (χ1) is 9.54. The van der Waals surface area contributed by atoms with Crippen molar-refractivity contribution in [3.8, 4) is 11.5 Å². The molecule has 0 radical (unpaired) electrons. The summed E-state index contributed by atoms with van der Waals surface area (Å²) in [6.45, 7) is 7.33. The number of aliphatic hydroxyl groups excluding tert-OH is 1. The number of ether oxygens (including phenoxy) is 2. The number of hydrogen-bond acceptors (Lipinski definition) is 4. The largest absolute Gasteiger partial charge is 0.490 e. The number of rotatable bonds is 8. The van der Waals surface area contributed by atoms with Crippen molar-refractivity contribution in [3.63, 3.8) is 0 Å². The SMILES string of the molecule is CCOc1ccc(C(C(C)CO)N(C)C)cc1OCC. The van der Waals surface area contributed by atoms with Gasteiger partial charge in [-0.25, -0.2) is 0 Å². The first-order valence-corrected chi connectivity index (χ1v) is 7.21. The number of aliphatic hydroxyl groups is 1. The van der Waals surface area contributed by atoms with Crippen LogP contribution in [-0.4, -0.2) is 43.9 Å². The maximum Gasteiger partial charge on any atom is 0.161 e. The lowest BCUT2D eigenvalue weighted by atomic mass is 9.94. The predicted octanol–water partition coefficient (Wildman–Crippen LogP) is 2.72. The molecule has 1 aromatic rings. The summed E-state index contributed by atoms with van der Waals surface area (Å²) in [5.74, 6) is 1.69. The van der Waals surface area contributed by atoms with Crippen LogP contribution in [0.5, 0.6) is 11.5 Å². The first-order valence-electron chi connectivity index (χ1n) is 7.21. The molecule has 0 spiro atoms. The third-order valence-electron chi connectivity index (χ3n) is 3.29. The molecule has 1 rings (SSSR count). The Morgan fingerprint density at radius 2 is 1.70 bits per heavy atom. The molecule has 0 heterocycles. The molecule has 0 saturated carbocycles. The maximum absolute atomic E-state index is 9.44. The topological polar surface area (TPSA) is 41.9 Å². The number of benzene rings is 1. The Balaban J connectivity index is 3.13. The van der Waals surface area contributed by atoms with Crippen LogP contribution in [0.25, 0.3) is 0 Å². The Morgan fingerprint density at radius 3 is 2.20 bits per heavy atom. The van der Waals surface area contributed by atoms with E-state index in [-0.39, 0.29) is 18.6 Å². The average Bonchev–Trinajstić information content (AvgIpc) is 2.41. The summed E-state index contributed by atoms with van der Waals surface area (Å²) in [4.78, 5) is 2.12. The van der Waals surface area contributed by atoms with E-state index in [0.717, 1.165) is 17.1 Å². The highest BCUT2D eigenvalue weighted by Crippen LogP contribution is 2.34. The van der Waals surface area contributed by atoms with Crippen LogP contribution in [0, 0.1) is 5.92 Å². The standard InChI is InChI=1S/C16H27NO3/c1-6-19-14-9-8-13(10-15(14)20-7-2)16(17(4)5)12(3)11-18/h8-10,12,16,18H,6-7,11H2,1-5H3. The molecule has 20 heavy (non-hydrogen) atoms. The van der Waals surface area contributed by atoms with Crippen molar-refractivity contribution in [2.75, 3.05) is 33.9 Å². The average molecular weight is 281 g/mol. The zero-order valence-electron chi connectivity index (χ0n) is 13.2. The van der Waals surface area contributed by atoms with Crippen LogP contribution in [0.3, 0.4) is 0 Å². The predicted molar refractivity (Wildman–Crippen MR) is 81.5 cm³/mol. The molecule has 4 heteroatoms. The zero-order valence-corrected chi connectivity index (χ0v) is 13.2. The van der Waals surface area contributed by atoms with Crippen LogP contribution in [0.2, 0.25) is 0 Å². The second kappa shape index (κ2) is 8.12. The van der Waals surface area contributed by atoms with Crippen molar-refractivity contribution in [2.45, 2.75) is 26.8 Å². The van der Waals surface area contributed by atoms with Gasteiger partial charge in [0.05, 0.1) is 13.2 Å². The van der Waals surface area contributed by atoms with Crippen molar-refractivity contribution >= 4 is 0 Å². The summed E-state index contributed by atoms with van der Waals surface area (Å²) in [5.41, 5.74) is 1.13. The van der Waals surface area contributed by atoms with Crippen LogP contribution in [0.15, 0.2) is 18.2 Å². The minimum Gasteiger partial charge on any atom is -0.490 e. The second-order valence-electron chi connectivity index (χ2n) is 5.14. The van der Waals surface area contributed by atoms with E-state index in [1.807, 2.05) is 53.1 Å². The molecule has 114 valence electrons. The van der Waals surface area contributed by atoms with Gasteiger partial charge >= 0.3 is 0 Å². The zero-order chi connectivity index (χ0) is 15.1. The molecule has 0 aliphatic heterocycles. The monoisotopic (exact) mass is 281 g/mol. The second-order valence-corrected chi connectivity index (χ2v) is 5.14. The van der Waals surface area contributed by atoms with Crippen molar-refractivity contribution in [2.24, 2.45) is 5.92 Å². The Hall–Kier alpha value is -1.26. The van der Waals surface area contributed by atoms with Gasteiger partial charge in [0.2, 0.25) is 0 Å². The lowest BCUT2D eigenvalue weighted by Gasteiger charge is -2.30. The summed E-state index contributed by atoms with van der Waals surface area (Å²) >= 11 is 0. The number of nitrogens with zero attached hydrogens (tertiary/aromatic N) is 1. The highest BCUT2D eigenvalue weighted by Gasteiger charge is 2.22. The Labute approximate surface area is 122 Å². The molecule has 4 nitrogen and oxygen atoms in total. The smallest absolute Gasteiger partial charge is 0.161 e. The fourth-order valence-corrected chi connectivity index (χ4v) is 2.49. The summed E-state index contributed by atoms with van der Waals surface area (Å²) in [6, 6.07) is 6.16. The highest BCUT2D eigenvalue weighted by molar-refractivity contribution is 5.44. The van der Waals surface area contributed by atoms with Gasteiger partial charge in [0.25, 0.3) is 0 Å². The molecule has 0 amide bonds. The molecular formula is C16H27NO3. The molecule has 0 saturated heterocycles. The lowest BCUT2D eigenvalue weighted by Crippen LogP contribution is -2.27. The highest BCUT2D eigenvalue weighted by atomic mass is 16.5.